The standard InChI is InChI=1S/C17H17N3O2S/c1-9-4-6-13-11(7-9)15(20-22-13)16(21)19-17-18-12-5-3-10(2)8-14(12)23-17/h3,5,8-9H,4,6-7H2,1-2H3,(H,18,19,21)/t9-/m1/s1. The molecule has 0 aliphatic heterocycles. The summed E-state index contributed by atoms with van der Waals surface area (Å²) in [5.41, 5.74) is 3.44. The molecule has 6 heteroatoms. The molecule has 5 nitrogen and oxygen atoms in total. The number of nitrogens with zero attached hydrogens (tertiary/aromatic N) is 2. The second kappa shape index (κ2) is 5.45. The summed E-state index contributed by atoms with van der Waals surface area (Å²) < 4.78 is 6.41. The van der Waals surface area contributed by atoms with Gasteiger partial charge in [-0.1, -0.05) is 29.5 Å². The minimum Gasteiger partial charge on any atom is -0.360 e. The number of carbonyl (C=O) groups is 1. The fourth-order valence-electron chi connectivity index (χ4n) is 3.00. The Morgan fingerprint density at radius 1 is 1.43 bits per heavy atom. The van der Waals surface area contributed by atoms with Crippen LogP contribution in [0.3, 0.4) is 0 Å². The normalized spacial score (nSPS) is 17.2. The lowest BCUT2D eigenvalue weighted by atomic mass is 9.88. The number of amides is 1. The first-order chi connectivity index (χ1) is 11.1. The van der Waals surface area contributed by atoms with Crippen molar-refractivity contribution in [1.82, 2.24) is 10.1 Å². The lowest BCUT2D eigenvalue weighted by Crippen LogP contribution is -2.17. The number of carbonyl (C=O) groups excluding carboxylic acids is 1. The Bertz CT molecular complexity index is 897. The van der Waals surface area contributed by atoms with Gasteiger partial charge in [-0.15, -0.1) is 0 Å². The topological polar surface area (TPSA) is 68.0 Å². The minimum absolute atomic E-state index is 0.236. The second-order valence-electron chi connectivity index (χ2n) is 6.23. The molecule has 0 bridgehead atoms. The molecule has 0 spiro atoms. The number of hydrogen-bond acceptors (Lipinski definition) is 5. The highest BCUT2D eigenvalue weighted by atomic mass is 32.1. The van der Waals surface area contributed by atoms with Crippen molar-refractivity contribution in [1.29, 1.82) is 0 Å². The third-order valence-electron chi connectivity index (χ3n) is 4.27. The van der Waals surface area contributed by atoms with Crippen LogP contribution in [0.1, 0.15) is 40.7 Å². The van der Waals surface area contributed by atoms with Gasteiger partial charge < -0.3 is 4.52 Å². The molecular weight excluding hydrogens is 310 g/mol. The fourth-order valence-corrected chi connectivity index (χ4v) is 3.96. The zero-order chi connectivity index (χ0) is 16.0. The van der Waals surface area contributed by atoms with Gasteiger partial charge in [0.1, 0.15) is 5.76 Å². The molecule has 1 aliphatic carbocycles. The minimum atomic E-state index is -0.236. The van der Waals surface area contributed by atoms with Crippen LogP contribution in [-0.4, -0.2) is 16.0 Å². The van der Waals surface area contributed by atoms with E-state index < -0.39 is 0 Å². The van der Waals surface area contributed by atoms with E-state index in [9.17, 15) is 4.79 Å². The monoisotopic (exact) mass is 327 g/mol. The third-order valence-corrected chi connectivity index (χ3v) is 5.20. The van der Waals surface area contributed by atoms with E-state index in [1.807, 2.05) is 19.1 Å². The van der Waals surface area contributed by atoms with Crippen molar-refractivity contribution in [2.75, 3.05) is 5.32 Å². The molecule has 0 saturated heterocycles. The SMILES string of the molecule is Cc1ccc2nc(NC(=O)c3noc4c3C[C@H](C)CC4)sc2c1. The van der Waals surface area contributed by atoms with E-state index in [2.05, 4.69) is 28.4 Å². The molecule has 1 amide bonds. The zero-order valence-electron chi connectivity index (χ0n) is 13.0. The molecule has 1 atom stereocenters. The molecule has 23 heavy (non-hydrogen) atoms. The molecule has 0 radical (unpaired) electrons. The van der Waals surface area contributed by atoms with Gasteiger partial charge in [-0.25, -0.2) is 4.98 Å². The molecule has 0 fully saturated rings. The Morgan fingerprint density at radius 3 is 3.17 bits per heavy atom. The predicted octanol–water partition coefficient (Wildman–Crippen LogP) is 3.97. The highest BCUT2D eigenvalue weighted by Gasteiger charge is 2.27. The number of rotatable bonds is 2. The Labute approximate surface area is 137 Å². The molecule has 0 unspecified atom stereocenters. The summed E-state index contributed by atoms with van der Waals surface area (Å²) in [7, 11) is 0. The number of hydrogen-bond donors (Lipinski definition) is 1. The summed E-state index contributed by atoms with van der Waals surface area (Å²) in [6.07, 6.45) is 2.79. The third kappa shape index (κ3) is 2.63. The van der Waals surface area contributed by atoms with Crippen molar-refractivity contribution in [2.45, 2.75) is 33.1 Å². The van der Waals surface area contributed by atoms with Gasteiger partial charge in [-0.05, 0) is 43.4 Å². The average Bonchev–Trinajstić information content (AvgIpc) is 3.09. The van der Waals surface area contributed by atoms with Gasteiger partial charge in [0.15, 0.2) is 10.8 Å². The summed E-state index contributed by atoms with van der Waals surface area (Å²) >= 11 is 1.47. The quantitative estimate of drug-likeness (QED) is 0.773. The summed E-state index contributed by atoms with van der Waals surface area (Å²) in [5.74, 6) is 1.17. The summed E-state index contributed by atoms with van der Waals surface area (Å²) in [4.78, 5) is 17.0. The molecule has 1 N–H and O–H groups in total. The number of benzene rings is 1. The van der Waals surface area contributed by atoms with E-state index in [4.69, 9.17) is 4.52 Å². The first kappa shape index (κ1) is 14.4. The molecule has 2 heterocycles. The van der Waals surface area contributed by atoms with Crippen molar-refractivity contribution < 1.29 is 9.32 Å². The van der Waals surface area contributed by atoms with E-state index in [0.29, 0.717) is 16.7 Å². The number of anilines is 1. The van der Waals surface area contributed by atoms with Crippen molar-refractivity contribution in [3.63, 3.8) is 0 Å². The number of nitrogens with one attached hydrogen (secondary N) is 1. The molecule has 2 aromatic heterocycles. The van der Waals surface area contributed by atoms with Crippen molar-refractivity contribution in [3.8, 4) is 0 Å². The first-order valence-corrected chi connectivity index (χ1v) is 8.58. The fraction of sp³-hybridized carbons (Fsp3) is 0.353. The van der Waals surface area contributed by atoms with Gasteiger partial charge in [0, 0.05) is 12.0 Å². The molecular formula is C17H17N3O2S. The van der Waals surface area contributed by atoms with Gasteiger partial charge in [-0.3, -0.25) is 10.1 Å². The van der Waals surface area contributed by atoms with E-state index >= 15 is 0 Å². The van der Waals surface area contributed by atoms with Gasteiger partial charge in [0.05, 0.1) is 10.2 Å². The maximum Gasteiger partial charge on any atom is 0.279 e. The summed E-state index contributed by atoms with van der Waals surface area (Å²) in [6.45, 7) is 4.23. The van der Waals surface area contributed by atoms with Crippen LogP contribution in [0.5, 0.6) is 0 Å². The number of thiazole rings is 1. The van der Waals surface area contributed by atoms with Crippen LogP contribution in [0.15, 0.2) is 22.7 Å². The maximum atomic E-state index is 12.5. The van der Waals surface area contributed by atoms with Crippen LogP contribution in [0, 0.1) is 12.8 Å². The lowest BCUT2D eigenvalue weighted by Gasteiger charge is -2.16. The molecule has 1 aromatic carbocycles. The Hall–Kier alpha value is -2.21. The van der Waals surface area contributed by atoms with E-state index in [1.54, 1.807) is 0 Å². The molecule has 4 rings (SSSR count). The van der Waals surface area contributed by atoms with E-state index in [1.165, 1.54) is 16.9 Å². The number of fused-ring (bicyclic) bond motifs is 2. The van der Waals surface area contributed by atoms with Crippen LogP contribution in [0.25, 0.3) is 10.2 Å². The lowest BCUT2D eigenvalue weighted by molar-refractivity contribution is 0.101. The summed E-state index contributed by atoms with van der Waals surface area (Å²) in [5, 5.41) is 7.44. The number of aryl methyl sites for hydroxylation is 2. The highest BCUT2D eigenvalue weighted by Crippen LogP contribution is 2.30. The smallest absolute Gasteiger partial charge is 0.279 e. The largest absolute Gasteiger partial charge is 0.360 e. The van der Waals surface area contributed by atoms with Crippen LogP contribution >= 0.6 is 11.3 Å². The van der Waals surface area contributed by atoms with E-state index in [-0.39, 0.29) is 5.91 Å². The van der Waals surface area contributed by atoms with Gasteiger partial charge in [0.2, 0.25) is 0 Å². The van der Waals surface area contributed by atoms with Gasteiger partial charge in [-0.2, -0.15) is 0 Å². The van der Waals surface area contributed by atoms with Crippen LogP contribution in [0.2, 0.25) is 0 Å². The van der Waals surface area contributed by atoms with E-state index in [0.717, 1.165) is 40.8 Å². The first-order valence-electron chi connectivity index (χ1n) is 7.76. The zero-order valence-corrected chi connectivity index (χ0v) is 13.9. The van der Waals surface area contributed by atoms with Crippen molar-refractivity contribution in [2.24, 2.45) is 5.92 Å². The highest BCUT2D eigenvalue weighted by molar-refractivity contribution is 7.22. The molecule has 118 valence electrons. The predicted molar refractivity (Wildman–Crippen MR) is 90.0 cm³/mol. The van der Waals surface area contributed by atoms with Crippen molar-refractivity contribution >= 4 is 32.6 Å². The Kier molecular flexibility index (Phi) is 3.41. The summed E-state index contributed by atoms with van der Waals surface area (Å²) in [6, 6.07) is 6.06. The van der Waals surface area contributed by atoms with Gasteiger partial charge in [0.25, 0.3) is 5.91 Å². The van der Waals surface area contributed by atoms with Crippen LogP contribution < -0.4 is 5.32 Å². The second-order valence-corrected chi connectivity index (χ2v) is 7.26. The maximum absolute atomic E-state index is 12.5. The number of aromatic nitrogens is 2. The Morgan fingerprint density at radius 2 is 2.30 bits per heavy atom. The van der Waals surface area contributed by atoms with Gasteiger partial charge >= 0.3 is 0 Å². The van der Waals surface area contributed by atoms with Crippen molar-refractivity contribution in [3.05, 3.63) is 40.8 Å². The van der Waals surface area contributed by atoms with Crippen LogP contribution in [-0.2, 0) is 12.8 Å². The van der Waals surface area contributed by atoms with Crippen LogP contribution in [0.4, 0.5) is 5.13 Å². The average molecular weight is 327 g/mol. The Balaban J connectivity index is 1.61. The molecule has 0 saturated carbocycles. The molecule has 1 aliphatic rings. The molecule has 3 aromatic rings.